The first-order valence-corrected chi connectivity index (χ1v) is 8.79. The van der Waals surface area contributed by atoms with E-state index in [4.69, 9.17) is 5.11 Å². The van der Waals surface area contributed by atoms with Crippen molar-refractivity contribution in [2.75, 3.05) is 11.3 Å². The monoisotopic (exact) mass is 307 g/mol. The van der Waals surface area contributed by atoms with Gasteiger partial charge >= 0.3 is 0 Å². The first kappa shape index (κ1) is 15.9. The molecular weight excluding hydrogens is 286 g/mol. The number of nitrogens with one attached hydrogen (secondary N) is 1. The Morgan fingerprint density at radius 2 is 2.05 bits per heavy atom. The molecule has 1 aliphatic carbocycles. The van der Waals surface area contributed by atoms with Gasteiger partial charge in [-0.3, -0.25) is 4.72 Å². The predicted molar refractivity (Wildman–Crippen MR) is 84.6 cm³/mol. The van der Waals surface area contributed by atoms with E-state index >= 15 is 0 Å². The topological polar surface area (TPSA) is 66.4 Å². The molecule has 0 aromatic heterocycles. The zero-order chi connectivity index (χ0) is 15.3. The van der Waals surface area contributed by atoms with Crippen molar-refractivity contribution < 1.29 is 13.5 Å². The van der Waals surface area contributed by atoms with Gasteiger partial charge in [0.25, 0.3) is 0 Å². The molecule has 0 unspecified atom stereocenters. The summed E-state index contributed by atoms with van der Waals surface area (Å²) >= 11 is 0. The van der Waals surface area contributed by atoms with Crippen LogP contribution in [-0.4, -0.2) is 25.4 Å². The fourth-order valence-electron chi connectivity index (χ4n) is 2.48. The van der Waals surface area contributed by atoms with Gasteiger partial charge in [0.2, 0.25) is 10.0 Å². The van der Waals surface area contributed by atoms with Gasteiger partial charge in [0.1, 0.15) is 0 Å². The Balaban J connectivity index is 2.17. The Hall–Kier alpha value is -1.51. The lowest BCUT2D eigenvalue weighted by Gasteiger charge is -2.14. The third-order valence-corrected chi connectivity index (χ3v) is 5.57. The zero-order valence-corrected chi connectivity index (χ0v) is 13.0. The Morgan fingerprint density at radius 3 is 2.71 bits per heavy atom. The number of anilines is 1. The van der Waals surface area contributed by atoms with Gasteiger partial charge in [0.15, 0.2) is 0 Å². The molecule has 1 aromatic rings. The van der Waals surface area contributed by atoms with Crippen LogP contribution in [0.1, 0.15) is 43.2 Å². The minimum absolute atomic E-state index is 0.0278. The van der Waals surface area contributed by atoms with E-state index < -0.39 is 10.0 Å². The van der Waals surface area contributed by atoms with Gasteiger partial charge in [0, 0.05) is 17.7 Å². The van der Waals surface area contributed by atoms with Gasteiger partial charge in [-0.15, -0.1) is 0 Å². The van der Waals surface area contributed by atoms with Crippen LogP contribution in [0.3, 0.4) is 0 Å². The molecule has 1 saturated carbocycles. The maximum atomic E-state index is 12.3. The average Bonchev–Trinajstić information content (AvgIpc) is 2.97. The minimum Gasteiger partial charge on any atom is -0.395 e. The van der Waals surface area contributed by atoms with Crippen LogP contribution in [0.4, 0.5) is 5.69 Å². The molecule has 0 bridgehead atoms. The molecule has 1 aliphatic rings. The van der Waals surface area contributed by atoms with Crippen molar-refractivity contribution in [3.8, 4) is 11.8 Å². The highest BCUT2D eigenvalue weighted by Crippen LogP contribution is 2.26. The molecule has 0 radical (unpaired) electrons. The number of rotatable bonds is 4. The highest BCUT2D eigenvalue weighted by molar-refractivity contribution is 7.93. The summed E-state index contributed by atoms with van der Waals surface area (Å²) in [5, 5.41) is 8.47. The van der Waals surface area contributed by atoms with E-state index in [2.05, 4.69) is 16.6 Å². The Bertz CT molecular complexity index is 650. The van der Waals surface area contributed by atoms with Crippen molar-refractivity contribution in [2.24, 2.45) is 0 Å². The summed E-state index contributed by atoms with van der Waals surface area (Å²) in [4.78, 5) is 0. The number of hydrogen-bond acceptors (Lipinski definition) is 3. The van der Waals surface area contributed by atoms with Gasteiger partial charge in [-0.05, 0) is 37.5 Å². The van der Waals surface area contributed by atoms with Crippen LogP contribution in [0.15, 0.2) is 18.2 Å². The predicted octanol–water partition coefficient (Wildman–Crippen LogP) is 2.41. The van der Waals surface area contributed by atoms with Crippen LogP contribution < -0.4 is 4.72 Å². The molecule has 2 N–H and O–H groups in total. The van der Waals surface area contributed by atoms with Crippen LogP contribution >= 0.6 is 0 Å². The molecule has 1 fully saturated rings. The average molecular weight is 307 g/mol. The number of hydrogen-bond donors (Lipinski definition) is 2. The standard InChI is InChI=1S/C16H21NO3S/c1-13-9-10-15(12-14(13)6-4-5-11-18)17-21(19,20)16-7-2-3-8-16/h9-10,12,16-18H,2-3,5,7-8,11H2,1H3. The normalized spacial score (nSPS) is 15.5. The molecule has 0 amide bonds. The van der Waals surface area contributed by atoms with Crippen molar-refractivity contribution in [1.82, 2.24) is 0 Å². The molecule has 0 atom stereocenters. The molecule has 5 heteroatoms. The Morgan fingerprint density at radius 1 is 1.33 bits per heavy atom. The summed E-state index contributed by atoms with van der Waals surface area (Å²) < 4.78 is 27.2. The van der Waals surface area contributed by atoms with Crippen LogP contribution in [-0.2, 0) is 10.0 Å². The molecule has 0 aliphatic heterocycles. The molecule has 4 nitrogen and oxygen atoms in total. The lowest BCUT2D eigenvalue weighted by molar-refractivity contribution is 0.305. The highest BCUT2D eigenvalue weighted by atomic mass is 32.2. The van der Waals surface area contributed by atoms with Crippen molar-refractivity contribution in [2.45, 2.75) is 44.3 Å². The van der Waals surface area contributed by atoms with Gasteiger partial charge in [-0.2, -0.15) is 0 Å². The number of sulfonamides is 1. The third-order valence-electron chi connectivity index (χ3n) is 3.70. The molecular formula is C16H21NO3S. The zero-order valence-electron chi connectivity index (χ0n) is 12.2. The van der Waals surface area contributed by atoms with E-state index in [1.807, 2.05) is 13.0 Å². The quantitative estimate of drug-likeness (QED) is 0.840. The van der Waals surface area contributed by atoms with Crippen LogP contribution in [0.25, 0.3) is 0 Å². The van der Waals surface area contributed by atoms with Crippen molar-refractivity contribution in [3.05, 3.63) is 29.3 Å². The summed E-state index contributed by atoms with van der Waals surface area (Å²) in [5.74, 6) is 5.82. The summed E-state index contributed by atoms with van der Waals surface area (Å²) in [6.45, 7) is 1.96. The fourth-order valence-corrected chi connectivity index (χ4v) is 4.06. The van der Waals surface area contributed by atoms with E-state index in [1.165, 1.54) is 0 Å². The summed E-state index contributed by atoms with van der Waals surface area (Å²) in [7, 11) is -3.31. The maximum Gasteiger partial charge on any atom is 0.235 e. The second kappa shape index (κ2) is 6.97. The lowest BCUT2D eigenvalue weighted by Crippen LogP contribution is -2.25. The van der Waals surface area contributed by atoms with Crippen LogP contribution in [0.5, 0.6) is 0 Å². The number of aliphatic hydroxyl groups is 1. The second-order valence-corrected chi connectivity index (χ2v) is 7.32. The smallest absolute Gasteiger partial charge is 0.235 e. The SMILES string of the molecule is Cc1ccc(NS(=O)(=O)C2CCCC2)cc1C#CCCO. The fraction of sp³-hybridized carbons (Fsp3) is 0.500. The number of aryl methyl sites for hydroxylation is 1. The molecule has 0 heterocycles. The molecule has 2 rings (SSSR count). The molecule has 0 saturated heterocycles. The van der Waals surface area contributed by atoms with Gasteiger partial charge in [-0.1, -0.05) is 30.7 Å². The second-order valence-electron chi connectivity index (χ2n) is 5.36. The largest absolute Gasteiger partial charge is 0.395 e. The highest BCUT2D eigenvalue weighted by Gasteiger charge is 2.28. The van der Waals surface area contributed by atoms with Crippen molar-refractivity contribution in [1.29, 1.82) is 0 Å². The molecule has 21 heavy (non-hydrogen) atoms. The third kappa shape index (κ3) is 4.23. The summed E-state index contributed by atoms with van der Waals surface area (Å²) in [5.41, 5.74) is 2.33. The van der Waals surface area contributed by atoms with Crippen molar-refractivity contribution in [3.63, 3.8) is 0 Å². The first-order chi connectivity index (χ1) is 10.0. The van der Waals surface area contributed by atoms with Gasteiger partial charge in [-0.25, -0.2) is 8.42 Å². The molecule has 1 aromatic carbocycles. The maximum absolute atomic E-state index is 12.3. The number of aliphatic hydroxyl groups excluding tert-OH is 1. The molecule has 114 valence electrons. The first-order valence-electron chi connectivity index (χ1n) is 7.25. The Labute approximate surface area is 126 Å². The van der Waals surface area contributed by atoms with Gasteiger partial charge in [0.05, 0.1) is 11.9 Å². The number of benzene rings is 1. The van der Waals surface area contributed by atoms with Crippen LogP contribution in [0.2, 0.25) is 0 Å². The molecule has 0 spiro atoms. The van der Waals surface area contributed by atoms with E-state index in [9.17, 15) is 8.42 Å². The summed E-state index contributed by atoms with van der Waals surface area (Å²) in [6.07, 6.45) is 3.86. The van der Waals surface area contributed by atoms with Crippen LogP contribution in [0, 0.1) is 18.8 Å². The van der Waals surface area contributed by atoms with E-state index in [-0.39, 0.29) is 11.9 Å². The van der Waals surface area contributed by atoms with Crippen molar-refractivity contribution >= 4 is 15.7 Å². The lowest BCUT2D eigenvalue weighted by atomic mass is 10.1. The Kier molecular flexibility index (Phi) is 5.27. The minimum atomic E-state index is -3.31. The van der Waals surface area contributed by atoms with Gasteiger partial charge < -0.3 is 5.11 Å². The summed E-state index contributed by atoms with van der Waals surface area (Å²) in [6, 6.07) is 5.38. The van der Waals surface area contributed by atoms with E-state index in [1.54, 1.807) is 12.1 Å². The van der Waals surface area contributed by atoms with E-state index in [0.717, 1.165) is 36.8 Å². The van der Waals surface area contributed by atoms with E-state index in [0.29, 0.717) is 12.1 Å².